The fourth-order valence-electron chi connectivity index (χ4n) is 2.34. The molecular weight excluding hydrogens is 272 g/mol. The molecule has 108 valence electrons. The molecule has 2 unspecified atom stereocenters. The summed E-state index contributed by atoms with van der Waals surface area (Å²) in [5.74, 6) is 6.33. The minimum absolute atomic E-state index is 0.0738. The first-order valence-corrected chi connectivity index (χ1v) is 7.58. The zero-order valence-corrected chi connectivity index (χ0v) is 12.7. The van der Waals surface area contributed by atoms with Gasteiger partial charge in [-0.25, -0.2) is 0 Å². The van der Waals surface area contributed by atoms with Crippen LogP contribution >= 0.6 is 11.3 Å². The summed E-state index contributed by atoms with van der Waals surface area (Å²) in [7, 11) is 1.71. The third-order valence-corrected chi connectivity index (χ3v) is 4.60. The van der Waals surface area contributed by atoms with Gasteiger partial charge in [0.2, 0.25) is 0 Å². The Morgan fingerprint density at radius 1 is 1.60 bits per heavy atom. The maximum atomic E-state index is 12.5. The van der Waals surface area contributed by atoms with E-state index in [9.17, 15) is 4.79 Å². The average Bonchev–Trinajstić information content (AvgIpc) is 2.93. The van der Waals surface area contributed by atoms with Crippen molar-refractivity contribution < 1.29 is 9.53 Å². The van der Waals surface area contributed by atoms with Gasteiger partial charge < -0.3 is 15.4 Å². The highest BCUT2D eigenvalue weighted by Crippen LogP contribution is 2.23. The van der Waals surface area contributed by atoms with Crippen molar-refractivity contribution in [3.8, 4) is 11.8 Å². The van der Waals surface area contributed by atoms with Gasteiger partial charge in [0.15, 0.2) is 0 Å². The summed E-state index contributed by atoms with van der Waals surface area (Å²) in [6, 6.07) is 3.72. The third-order valence-electron chi connectivity index (χ3n) is 3.61. The summed E-state index contributed by atoms with van der Waals surface area (Å²) in [6.45, 7) is 3.96. The molecule has 0 spiro atoms. The first kappa shape index (κ1) is 15.0. The smallest absolute Gasteiger partial charge is 0.264 e. The van der Waals surface area contributed by atoms with Gasteiger partial charge in [-0.1, -0.05) is 18.8 Å². The number of nitrogens with zero attached hydrogens (tertiary/aromatic N) is 1. The number of nitrogens with two attached hydrogens (primary N) is 1. The second kappa shape index (κ2) is 6.89. The summed E-state index contributed by atoms with van der Waals surface area (Å²) < 4.78 is 5.45. The Morgan fingerprint density at radius 2 is 2.40 bits per heavy atom. The highest BCUT2D eigenvalue weighted by atomic mass is 32.1. The normalized spacial score (nSPS) is 22.2. The predicted molar refractivity (Wildman–Crippen MR) is 80.7 cm³/mol. The van der Waals surface area contributed by atoms with Crippen LogP contribution in [0.15, 0.2) is 12.1 Å². The second-order valence-electron chi connectivity index (χ2n) is 4.96. The van der Waals surface area contributed by atoms with Crippen LogP contribution in [-0.2, 0) is 4.74 Å². The molecule has 2 rings (SSSR count). The van der Waals surface area contributed by atoms with E-state index in [0.717, 1.165) is 22.7 Å². The monoisotopic (exact) mass is 292 g/mol. The van der Waals surface area contributed by atoms with Gasteiger partial charge in [-0.15, -0.1) is 11.3 Å². The van der Waals surface area contributed by atoms with Gasteiger partial charge in [0, 0.05) is 20.2 Å². The zero-order chi connectivity index (χ0) is 14.5. The molecule has 1 amide bonds. The lowest BCUT2D eigenvalue weighted by Crippen LogP contribution is -2.46. The number of hydrogen-bond donors (Lipinski definition) is 1. The van der Waals surface area contributed by atoms with E-state index in [4.69, 9.17) is 10.5 Å². The Balaban J connectivity index is 2.05. The van der Waals surface area contributed by atoms with Crippen LogP contribution < -0.4 is 5.73 Å². The van der Waals surface area contributed by atoms with Gasteiger partial charge in [0.1, 0.15) is 0 Å². The molecule has 1 aromatic rings. The van der Waals surface area contributed by atoms with Crippen molar-refractivity contribution in [3.63, 3.8) is 0 Å². The molecule has 4 nitrogen and oxygen atoms in total. The minimum Gasteiger partial charge on any atom is -0.379 e. The molecule has 0 aromatic carbocycles. The van der Waals surface area contributed by atoms with E-state index < -0.39 is 0 Å². The van der Waals surface area contributed by atoms with Gasteiger partial charge in [-0.3, -0.25) is 4.79 Å². The van der Waals surface area contributed by atoms with Crippen LogP contribution in [0.3, 0.4) is 0 Å². The Bertz CT molecular complexity index is 529. The predicted octanol–water partition coefficient (Wildman–Crippen LogP) is 1.56. The number of likely N-dealkylation sites (tertiary alicyclic amines) is 1. The minimum atomic E-state index is 0.0738. The number of rotatable bonds is 2. The second-order valence-corrected chi connectivity index (χ2v) is 6.04. The van der Waals surface area contributed by atoms with Crippen molar-refractivity contribution in [3.05, 3.63) is 21.9 Å². The number of ether oxygens (including phenoxy) is 1. The van der Waals surface area contributed by atoms with Gasteiger partial charge in [-0.05, 0) is 24.5 Å². The number of carbonyl (C=O) groups is 1. The lowest BCUT2D eigenvalue weighted by Gasteiger charge is -2.36. The van der Waals surface area contributed by atoms with E-state index in [-0.39, 0.29) is 12.0 Å². The molecule has 0 aliphatic carbocycles. The van der Waals surface area contributed by atoms with E-state index in [0.29, 0.717) is 19.0 Å². The molecule has 2 heterocycles. The van der Waals surface area contributed by atoms with Crippen molar-refractivity contribution in [2.75, 3.05) is 26.7 Å². The van der Waals surface area contributed by atoms with Crippen LogP contribution in [0.2, 0.25) is 0 Å². The molecule has 5 heteroatoms. The maximum absolute atomic E-state index is 12.5. The van der Waals surface area contributed by atoms with E-state index in [1.807, 2.05) is 17.0 Å². The fraction of sp³-hybridized carbons (Fsp3) is 0.533. The van der Waals surface area contributed by atoms with E-state index >= 15 is 0 Å². The van der Waals surface area contributed by atoms with Gasteiger partial charge in [0.05, 0.1) is 22.4 Å². The zero-order valence-electron chi connectivity index (χ0n) is 11.9. The number of thiophene rings is 1. The molecular formula is C15H20N2O2S. The topological polar surface area (TPSA) is 55.6 Å². The standard InChI is InChI=1S/C15H20N2O2S/c1-11-7-9-17(10-13(11)19-2)15(18)14-6-5-12(20-14)4-3-8-16/h5-6,11,13H,7-10,16H2,1-2H3. The molecule has 1 aliphatic heterocycles. The van der Waals surface area contributed by atoms with E-state index in [1.54, 1.807) is 7.11 Å². The highest BCUT2D eigenvalue weighted by molar-refractivity contribution is 7.14. The summed E-state index contributed by atoms with van der Waals surface area (Å²) in [5.41, 5.74) is 5.35. The van der Waals surface area contributed by atoms with E-state index in [1.165, 1.54) is 11.3 Å². The summed E-state index contributed by atoms with van der Waals surface area (Å²) in [5, 5.41) is 0. The number of amides is 1. The van der Waals surface area contributed by atoms with Crippen LogP contribution in [0.5, 0.6) is 0 Å². The number of carbonyl (C=O) groups excluding carboxylic acids is 1. The lowest BCUT2D eigenvalue weighted by molar-refractivity contribution is -0.00138. The molecule has 1 saturated heterocycles. The quantitative estimate of drug-likeness (QED) is 0.842. The molecule has 0 bridgehead atoms. The average molecular weight is 292 g/mol. The van der Waals surface area contributed by atoms with Crippen molar-refractivity contribution in [2.45, 2.75) is 19.4 Å². The Morgan fingerprint density at radius 3 is 3.10 bits per heavy atom. The van der Waals surface area contributed by atoms with Crippen LogP contribution in [0, 0.1) is 17.8 Å². The molecule has 20 heavy (non-hydrogen) atoms. The molecule has 2 N–H and O–H groups in total. The Hall–Kier alpha value is -1.35. The first-order chi connectivity index (χ1) is 9.65. The fourth-order valence-corrected chi connectivity index (χ4v) is 3.19. The van der Waals surface area contributed by atoms with Crippen LogP contribution in [0.25, 0.3) is 0 Å². The molecule has 1 fully saturated rings. The van der Waals surface area contributed by atoms with Gasteiger partial charge in [0.25, 0.3) is 5.91 Å². The summed E-state index contributed by atoms with van der Waals surface area (Å²) >= 11 is 1.42. The molecule has 0 saturated carbocycles. The van der Waals surface area contributed by atoms with E-state index in [2.05, 4.69) is 18.8 Å². The third kappa shape index (κ3) is 3.40. The van der Waals surface area contributed by atoms with Gasteiger partial charge >= 0.3 is 0 Å². The number of methoxy groups -OCH3 is 1. The van der Waals surface area contributed by atoms with Crippen molar-refractivity contribution >= 4 is 17.2 Å². The molecule has 1 aromatic heterocycles. The van der Waals surface area contributed by atoms with Crippen LogP contribution in [0.1, 0.15) is 27.9 Å². The summed E-state index contributed by atoms with van der Waals surface area (Å²) in [4.78, 5) is 16.0. The molecule has 1 aliphatic rings. The summed E-state index contributed by atoms with van der Waals surface area (Å²) in [6.07, 6.45) is 1.11. The Labute approximate surface area is 123 Å². The van der Waals surface area contributed by atoms with Crippen LogP contribution in [-0.4, -0.2) is 43.7 Å². The van der Waals surface area contributed by atoms with Crippen molar-refractivity contribution in [2.24, 2.45) is 11.7 Å². The molecule has 0 radical (unpaired) electrons. The number of piperidine rings is 1. The number of hydrogen-bond acceptors (Lipinski definition) is 4. The first-order valence-electron chi connectivity index (χ1n) is 6.76. The highest BCUT2D eigenvalue weighted by Gasteiger charge is 2.29. The molecule has 2 atom stereocenters. The SMILES string of the molecule is COC1CN(C(=O)c2ccc(C#CCN)s2)CCC1C. The largest absolute Gasteiger partial charge is 0.379 e. The Kier molecular flexibility index (Phi) is 5.18. The van der Waals surface area contributed by atoms with Crippen molar-refractivity contribution in [1.29, 1.82) is 0 Å². The van der Waals surface area contributed by atoms with Gasteiger partial charge in [-0.2, -0.15) is 0 Å². The lowest BCUT2D eigenvalue weighted by atomic mass is 9.96. The van der Waals surface area contributed by atoms with Crippen molar-refractivity contribution in [1.82, 2.24) is 4.90 Å². The van der Waals surface area contributed by atoms with Crippen LogP contribution in [0.4, 0.5) is 0 Å². The maximum Gasteiger partial charge on any atom is 0.264 e.